The summed E-state index contributed by atoms with van der Waals surface area (Å²) in [6.45, 7) is 0. The molecular formula is C9H3BrClF6NO2. The molecule has 0 aliphatic rings. The highest BCUT2D eigenvalue weighted by molar-refractivity contribution is 9.08. The molecule has 0 aliphatic heterocycles. The number of carbonyl (C=O) groups excluding carboxylic acids is 1. The standard InChI is InChI=1S/C9H3BrClF6NO2/c10-2-4-3(6(11)19)1-5(8(12,13)14)18-7(4)20-9(15,16)17/h1H,2H2. The van der Waals surface area contributed by atoms with Crippen molar-refractivity contribution in [1.29, 1.82) is 0 Å². The number of halogens is 8. The van der Waals surface area contributed by atoms with E-state index in [0.717, 1.165) is 0 Å². The minimum absolute atomic E-state index is 0.259. The van der Waals surface area contributed by atoms with Crippen LogP contribution >= 0.6 is 27.5 Å². The van der Waals surface area contributed by atoms with E-state index in [1.165, 1.54) is 0 Å². The van der Waals surface area contributed by atoms with Crippen molar-refractivity contribution in [2.45, 2.75) is 17.9 Å². The minimum atomic E-state index is -5.26. The van der Waals surface area contributed by atoms with E-state index in [1.807, 2.05) is 0 Å². The topological polar surface area (TPSA) is 39.2 Å². The van der Waals surface area contributed by atoms with Gasteiger partial charge in [0, 0.05) is 16.5 Å². The van der Waals surface area contributed by atoms with E-state index in [9.17, 15) is 31.1 Å². The zero-order valence-electron chi connectivity index (χ0n) is 9.07. The highest BCUT2D eigenvalue weighted by atomic mass is 79.9. The highest BCUT2D eigenvalue weighted by Gasteiger charge is 2.38. The fourth-order valence-electron chi connectivity index (χ4n) is 1.19. The largest absolute Gasteiger partial charge is 0.574 e. The summed E-state index contributed by atoms with van der Waals surface area (Å²) in [6, 6.07) is 0.259. The van der Waals surface area contributed by atoms with Crippen LogP contribution in [-0.4, -0.2) is 16.6 Å². The Morgan fingerprint density at radius 3 is 2.20 bits per heavy atom. The molecule has 0 saturated heterocycles. The van der Waals surface area contributed by atoms with E-state index in [-0.39, 0.29) is 6.07 Å². The first-order valence-electron chi connectivity index (χ1n) is 4.58. The number of alkyl halides is 7. The van der Waals surface area contributed by atoms with Crippen LogP contribution in [0.25, 0.3) is 0 Å². The third-order valence-electron chi connectivity index (χ3n) is 1.93. The van der Waals surface area contributed by atoms with E-state index < -0.39 is 45.8 Å². The van der Waals surface area contributed by atoms with Gasteiger partial charge in [0.2, 0.25) is 5.88 Å². The molecule has 0 amide bonds. The summed E-state index contributed by atoms with van der Waals surface area (Å²) in [7, 11) is 0. The molecule has 0 aromatic carbocycles. The fourth-order valence-corrected chi connectivity index (χ4v) is 1.90. The van der Waals surface area contributed by atoms with Gasteiger partial charge in [-0.3, -0.25) is 4.79 Å². The van der Waals surface area contributed by atoms with E-state index in [1.54, 1.807) is 0 Å². The van der Waals surface area contributed by atoms with Crippen LogP contribution in [0.4, 0.5) is 26.3 Å². The van der Waals surface area contributed by atoms with Gasteiger partial charge in [0.05, 0.1) is 0 Å². The number of aromatic nitrogens is 1. The fraction of sp³-hybridized carbons (Fsp3) is 0.333. The molecule has 0 fully saturated rings. The lowest BCUT2D eigenvalue weighted by atomic mass is 10.1. The molecule has 112 valence electrons. The number of nitrogens with zero attached hydrogens (tertiary/aromatic N) is 1. The summed E-state index contributed by atoms with van der Waals surface area (Å²) in [6.07, 6.45) is -10.3. The molecule has 1 heterocycles. The molecule has 0 unspecified atom stereocenters. The Morgan fingerprint density at radius 2 is 1.85 bits per heavy atom. The average Bonchev–Trinajstić information content (AvgIpc) is 2.24. The predicted octanol–water partition coefficient (Wildman–Crippen LogP) is 4.27. The van der Waals surface area contributed by atoms with Crippen LogP contribution in [0, 0.1) is 0 Å². The first-order valence-corrected chi connectivity index (χ1v) is 6.08. The monoisotopic (exact) mass is 385 g/mol. The molecule has 3 nitrogen and oxygen atoms in total. The van der Waals surface area contributed by atoms with Gasteiger partial charge in [0.15, 0.2) is 0 Å². The Morgan fingerprint density at radius 1 is 1.30 bits per heavy atom. The molecule has 0 saturated carbocycles. The lowest BCUT2D eigenvalue weighted by Gasteiger charge is -2.15. The van der Waals surface area contributed by atoms with Gasteiger partial charge in [-0.25, -0.2) is 4.98 Å². The molecule has 20 heavy (non-hydrogen) atoms. The van der Waals surface area contributed by atoms with E-state index in [0.29, 0.717) is 0 Å². The minimum Gasteiger partial charge on any atom is -0.388 e. The smallest absolute Gasteiger partial charge is 0.388 e. The molecule has 1 aromatic heterocycles. The van der Waals surface area contributed by atoms with E-state index in [2.05, 4.69) is 25.7 Å². The first kappa shape index (κ1) is 17.0. The number of rotatable bonds is 3. The second-order valence-corrected chi connectivity index (χ2v) is 4.20. The Kier molecular flexibility index (Phi) is 4.90. The molecule has 0 radical (unpaired) electrons. The van der Waals surface area contributed by atoms with Crippen molar-refractivity contribution < 1.29 is 35.9 Å². The van der Waals surface area contributed by atoms with Crippen LogP contribution in [0.2, 0.25) is 0 Å². The maximum absolute atomic E-state index is 12.5. The zero-order chi connectivity index (χ0) is 15.7. The van der Waals surface area contributed by atoms with E-state index >= 15 is 0 Å². The highest BCUT2D eigenvalue weighted by Crippen LogP contribution is 2.35. The van der Waals surface area contributed by atoms with Gasteiger partial charge < -0.3 is 4.74 Å². The maximum atomic E-state index is 12.5. The Balaban J connectivity index is 3.54. The molecule has 1 rings (SSSR count). The van der Waals surface area contributed by atoms with E-state index in [4.69, 9.17) is 11.6 Å². The lowest BCUT2D eigenvalue weighted by molar-refractivity contribution is -0.276. The average molecular weight is 386 g/mol. The van der Waals surface area contributed by atoms with Gasteiger partial charge >= 0.3 is 12.5 Å². The van der Waals surface area contributed by atoms with Crippen molar-refractivity contribution >= 4 is 32.8 Å². The molecule has 1 aromatic rings. The van der Waals surface area contributed by atoms with Gasteiger partial charge in [0.1, 0.15) is 5.69 Å². The van der Waals surface area contributed by atoms with Gasteiger partial charge in [-0.05, 0) is 17.7 Å². The van der Waals surface area contributed by atoms with Crippen LogP contribution in [0.1, 0.15) is 21.6 Å². The number of pyridine rings is 1. The number of hydrogen-bond acceptors (Lipinski definition) is 3. The lowest BCUT2D eigenvalue weighted by Crippen LogP contribution is -2.21. The molecule has 0 aliphatic carbocycles. The third kappa shape index (κ3) is 4.23. The van der Waals surface area contributed by atoms with Crippen LogP contribution in [0.15, 0.2) is 6.07 Å². The Bertz CT molecular complexity index is 530. The number of carbonyl (C=O) groups is 1. The second-order valence-electron chi connectivity index (χ2n) is 3.29. The van der Waals surface area contributed by atoms with Crippen molar-refractivity contribution in [1.82, 2.24) is 4.98 Å². The molecule has 0 bridgehead atoms. The van der Waals surface area contributed by atoms with Crippen LogP contribution < -0.4 is 4.74 Å². The number of ether oxygens (including phenoxy) is 1. The molecule has 0 N–H and O–H groups in total. The summed E-state index contributed by atoms with van der Waals surface area (Å²) >= 11 is 7.79. The van der Waals surface area contributed by atoms with Gasteiger partial charge in [-0.1, -0.05) is 15.9 Å². The molecule has 0 atom stereocenters. The van der Waals surface area contributed by atoms with Crippen molar-refractivity contribution in [3.8, 4) is 5.88 Å². The predicted molar refractivity (Wildman–Crippen MR) is 58.7 cm³/mol. The maximum Gasteiger partial charge on any atom is 0.574 e. The Labute approximate surface area is 121 Å². The quantitative estimate of drug-likeness (QED) is 0.442. The van der Waals surface area contributed by atoms with Crippen molar-refractivity contribution in [3.05, 3.63) is 22.9 Å². The van der Waals surface area contributed by atoms with Crippen LogP contribution in [0.3, 0.4) is 0 Å². The zero-order valence-corrected chi connectivity index (χ0v) is 11.4. The molecular weight excluding hydrogens is 383 g/mol. The normalized spacial score (nSPS) is 12.4. The summed E-state index contributed by atoms with van der Waals surface area (Å²) in [5, 5.41) is -1.77. The summed E-state index contributed by atoms with van der Waals surface area (Å²) < 4.78 is 77.4. The SMILES string of the molecule is O=C(Cl)c1cc(C(F)(F)F)nc(OC(F)(F)F)c1CBr. The Hall–Kier alpha value is -1.03. The van der Waals surface area contributed by atoms with Crippen LogP contribution in [-0.2, 0) is 11.5 Å². The summed E-state index contributed by atoms with van der Waals surface area (Å²) in [5.41, 5.74) is -3.02. The van der Waals surface area contributed by atoms with Crippen molar-refractivity contribution in [2.24, 2.45) is 0 Å². The second kappa shape index (κ2) is 5.76. The molecule has 11 heteroatoms. The van der Waals surface area contributed by atoms with Crippen LogP contribution in [0.5, 0.6) is 5.88 Å². The first-order chi connectivity index (χ1) is 8.95. The summed E-state index contributed by atoms with van der Waals surface area (Å²) in [4.78, 5) is 13.8. The number of hydrogen-bond donors (Lipinski definition) is 0. The van der Waals surface area contributed by atoms with Crippen molar-refractivity contribution in [3.63, 3.8) is 0 Å². The van der Waals surface area contributed by atoms with Crippen molar-refractivity contribution in [2.75, 3.05) is 0 Å². The molecule has 0 spiro atoms. The van der Waals surface area contributed by atoms with Gasteiger partial charge in [-0.2, -0.15) is 13.2 Å². The third-order valence-corrected chi connectivity index (χ3v) is 2.70. The van der Waals surface area contributed by atoms with Gasteiger partial charge in [-0.15, -0.1) is 13.2 Å². The van der Waals surface area contributed by atoms with Gasteiger partial charge in [0.25, 0.3) is 5.24 Å². The summed E-state index contributed by atoms with van der Waals surface area (Å²) in [5.74, 6) is -1.38.